The lowest BCUT2D eigenvalue weighted by atomic mass is 10.0. The Hall–Kier alpha value is -5.92. The van der Waals surface area contributed by atoms with Crippen LogP contribution in [0.5, 0.6) is 0 Å². The molecule has 12 nitrogen and oxygen atoms in total. The predicted molar refractivity (Wildman–Crippen MR) is 208 cm³/mol. The van der Waals surface area contributed by atoms with Crippen LogP contribution in [0, 0.1) is 0 Å². The molecule has 0 saturated carbocycles. The maximum absolute atomic E-state index is 9.55. The first-order valence-electron chi connectivity index (χ1n) is 17.8. The zero-order valence-electron chi connectivity index (χ0n) is 30.5. The van der Waals surface area contributed by atoms with Crippen LogP contribution in [-0.2, 0) is 28.7 Å². The molecule has 55 heavy (non-hydrogen) atoms. The van der Waals surface area contributed by atoms with E-state index in [1.54, 1.807) is 0 Å². The fourth-order valence-corrected chi connectivity index (χ4v) is 5.59. The van der Waals surface area contributed by atoms with Gasteiger partial charge >= 0.3 is 23.9 Å². The maximum atomic E-state index is 9.55. The molecule has 1 heterocycles. The first kappa shape index (κ1) is 43.5. The lowest BCUT2D eigenvalue weighted by Gasteiger charge is -2.35. The van der Waals surface area contributed by atoms with E-state index >= 15 is 0 Å². The van der Waals surface area contributed by atoms with Crippen molar-refractivity contribution in [2.45, 2.75) is 18.6 Å². The first-order chi connectivity index (χ1) is 26.6. The lowest BCUT2D eigenvalue weighted by Crippen LogP contribution is -2.47. The smallest absolute Gasteiger partial charge is 0.328 e. The monoisotopic (exact) mass is 752 g/mol. The fourth-order valence-electron chi connectivity index (χ4n) is 5.59. The van der Waals surface area contributed by atoms with Gasteiger partial charge in [-0.15, -0.1) is 0 Å². The molecule has 4 aromatic rings. The Morgan fingerprint density at radius 1 is 0.455 bits per heavy atom. The van der Waals surface area contributed by atoms with Crippen LogP contribution in [0.3, 0.4) is 0 Å². The third-order valence-corrected chi connectivity index (χ3v) is 8.21. The zero-order valence-corrected chi connectivity index (χ0v) is 30.5. The van der Waals surface area contributed by atoms with Gasteiger partial charge in [-0.2, -0.15) is 0 Å². The maximum Gasteiger partial charge on any atom is 0.328 e. The number of carboxylic acids is 4. The fraction of sp³-hybridized carbons (Fsp3) is 0.256. The number of hydrogen-bond acceptors (Lipinski definition) is 8. The number of aliphatic carboxylic acids is 4. The standard InChI is InChI=1S/C35H40N2O2.2C4H4O4/c1-5-14-30(15-6-1)34(31-16-7-2-8-17-31)38-28-13-22-36-23-25-37(26-24-36)27-29-39-35(32-18-9-3-10-19-32)33-20-11-4-12-21-33;2*5-3(6)1-2-4(7)8/h1-12,14-21,34-35H,13,22-29H2;2*1-2H,(H,5,6)(H,7,8)/b;2*2-1-. The average Bonchev–Trinajstić information content (AvgIpc) is 3.20. The summed E-state index contributed by atoms with van der Waals surface area (Å²) in [6.45, 7) is 7.88. The second-order valence-electron chi connectivity index (χ2n) is 12.2. The van der Waals surface area contributed by atoms with E-state index in [9.17, 15) is 19.2 Å². The van der Waals surface area contributed by atoms with Crippen molar-refractivity contribution in [3.8, 4) is 0 Å². The summed E-state index contributed by atoms with van der Waals surface area (Å²) in [7, 11) is 0. The second kappa shape index (κ2) is 25.2. The van der Waals surface area contributed by atoms with E-state index in [-0.39, 0.29) is 12.2 Å². The second-order valence-corrected chi connectivity index (χ2v) is 12.2. The van der Waals surface area contributed by atoms with Gasteiger partial charge < -0.3 is 34.8 Å². The van der Waals surface area contributed by atoms with E-state index in [0.29, 0.717) is 24.3 Å². The highest BCUT2D eigenvalue weighted by molar-refractivity contribution is 5.90. The number of hydrogen-bond donors (Lipinski definition) is 4. The zero-order chi connectivity index (χ0) is 39.7. The first-order valence-corrected chi connectivity index (χ1v) is 17.8. The minimum atomic E-state index is -1.26. The molecule has 1 fully saturated rings. The predicted octanol–water partition coefficient (Wildman–Crippen LogP) is 6.03. The molecule has 1 aliphatic rings. The number of piperazine rings is 1. The molecule has 4 aromatic carbocycles. The molecule has 4 N–H and O–H groups in total. The molecule has 0 spiro atoms. The van der Waals surface area contributed by atoms with Crippen LogP contribution in [0.1, 0.15) is 40.9 Å². The molecule has 0 radical (unpaired) electrons. The van der Waals surface area contributed by atoms with Crippen molar-refractivity contribution >= 4 is 23.9 Å². The summed E-state index contributed by atoms with van der Waals surface area (Å²) in [5, 5.41) is 31.2. The van der Waals surface area contributed by atoms with Crippen molar-refractivity contribution in [3.63, 3.8) is 0 Å². The molecule has 0 amide bonds. The molecule has 0 unspecified atom stereocenters. The SMILES string of the molecule is O=C(O)/C=C\C(=O)O.O=C(O)/C=C\C(=O)O.c1ccc(C(OCCCN2CCN(CCOC(c3ccccc3)c3ccccc3)CC2)c2ccccc2)cc1. The largest absolute Gasteiger partial charge is 0.478 e. The molecule has 290 valence electrons. The molecular weight excluding hydrogens is 704 g/mol. The van der Waals surface area contributed by atoms with Gasteiger partial charge in [-0.25, -0.2) is 19.2 Å². The summed E-state index contributed by atoms with van der Waals surface area (Å²) in [6, 6.07) is 42.2. The summed E-state index contributed by atoms with van der Waals surface area (Å²) >= 11 is 0. The minimum Gasteiger partial charge on any atom is -0.478 e. The van der Waals surface area contributed by atoms with E-state index in [4.69, 9.17) is 29.9 Å². The van der Waals surface area contributed by atoms with Crippen LogP contribution in [0.2, 0.25) is 0 Å². The molecule has 12 heteroatoms. The van der Waals surface area contributed by atoms with Crippen molar-refractivity contribution < 1.29 is 49.1 Å². The van der Waals surface area contributed by atoms with Gasteiger partial charge in [0.15, 0.2) is 0 Å². The number of carboxylic acid groups (broad SMARTS) is 4. The summed E-state index contributed by atoms with van der Waals surface area (Å²) < 4.78 is 12.9. The third-order valence-electron chi connectivity index (χ3n) is 8.21. The summed E-state index contributed by atoms with van der Waals surface area (Å²) in [5.41, 5.74) is 4.83. The quantitative estimate of drug-likeness (QED) is 0.0730. The van der Waals surface area contributed by atoms with Gasteiger partial charge in [-0.3, -0.25) is 4.90 Å². The molecule has 1 aliphatic heterocycles. The van der Waals surface area contributed by atoms with Crippen LogP contribution in [0.4, 0.5) is 0 Å². The Bertz CT molecular complexity index is 1620. The van der Waals surface area contributed by atoms with Crippen molar-refractivity contribution in [2.24, 2.45) is 0 Å². The highest BCUT2D eigenvalue weighted by Crippen LogP contribution is 2.27. The van der Waals surface area contributed by atoms with Crippen LogP contribution in [0.25, 0.3) is 0 Å². The van der Waals surface area contributed by atoms with Crippen molar-refractivity contribution in [1.82, 2.24) is 9.80 Å². The van der Waals surface area contributed by atoms with E-state index in [1.807, 2.05) is 0 Å². The topological polar surface area (TPSA) is 174 Å². The average molecular weight is 753 g/mol. The molecule has 1 saturated heterocycles. The number of rotatable bonds is 17. The number of nitrogens with zero attached hydrogens (tertiary/aromatic N) is 2. The van der Waals surface area contributed by atoms with E-state index < -0.39 is 23.9 Å². The third kappa shape index (κ3) is 18.1. The van der Waals surface area contributed by atoms with Crippen molar-refractivity contribution in [2.75, 3.05) is 52.5 Å². The van der Waals surface area contributed by atoms with Gasteiger partial charge in [0.25, 0.3) is 0 Å². The van der Waals surface area contributed by atoms with Gasteiger partial charge in [0.2, 0.25) is 0 Å². The van der Waals surface area contributed by atoms with E-state index in [1.165, 1.54) is 22.3 Å². The van der Waals surface area contributed by atoms with Gasteiger partial charge in [-0.1, -0.05) is 121 Å². The molecule has 5 rings (SSSR count). The van der Waals surface area contributed by atoms with Crippen molar-refractivity contribution in [3.05, 3.63) is 168 Å². The van der Waals surface area contributed by atoms with E-state index in [0.717, 1.165) is 58.9 Å². The lowest BCUT2D eigenvalue weighted by molar-refractivity contribution is -0.134. The van der Waals surface area contributed by atoms with Crippen LogP contribution < -0.4 is 0 Å². The summed E-state index contributed by atoms with van der Waals surface area (Å²) in [5.74, 6) is -5.03. The number of ether oxygens (including phenoxy) is 2. The van der Waals surface area contributed by atoms with Gasteiger partial charge in [-0.05, 0) is 28.7 Å². The molecule has 0 aliphatic carbocycles. The Morgan fingerprint density at radius 2 is 0.727 bits per heavy atom. The summed E-state index contributed by atoms with van der Waals surface area (Å²) in [6.07, 6.45) is 3.23. The summed E-state index contributed by atoms with van der Waals surface area (Å²) in [4.78, 5) is 43.3. The normalized spacial score (nSPS) is 13.2. The number of carbonyl (C=O) groups is 4. The van der Waals surface area contributed by atoms with Gasteiger partial charge in [0.1, 0.15) is 12.2 Å². The van der Waals surface area contributed by atoms with E-state index in [2.05, 4.69) is 131 Å². The highest BCUT2D eigenvalue weighted by atomic mass is 16.5. The van der Waals surface area contributed by atoms with Crippen LogP contribution in [-0.4, -0.2) is 107 Å². The Labute approximate surface area is 321 Å². The Balaban J connectivity index is 0.000000425. The van der Waals surface area contributed by atoms with Crippen LogP contribution in [0.15, 0.2) is 146 Å². The minimum absolute atomic E-state index is 0.0140. The molecular formula is C43H48N2O10. The Morgan fingerprint density at radius 3 is 1.02 bits per heavy atom. The molecule has 0 atom stereocenters. The van der Waals surface area contributed by atoms with Crippen molar-refractivity contribution in [1.29, 1.82) is 0 Å². The highest BCUT2D eigenvalue weighted by Gasteiger charge is 2.19. The van der Waals surface area contributed by atoms with Crippen LogP contribution >= 0.6 is 0 Å². The molecule has 0 aromatic heterocycles. The Kier molecular flexibility index (Phi) is 19.9. The molecule has 0 bridgehead atoms. The number of benzene rings is 4. The van der Waals surface area contributed by atoms with Gasteiger partial charge in [0, 0.05) is 70.2 Å². The van der Waals surface area contributed by atoms with Gasteiger partial charge in [0.05, 0.1) is 6.61 Å².